The number of nitrogens with zero attached hydrogens (tertiary/aromatic N) is 4. The Labute approximate surface area is 184 Å². The molecule has 0 radical (unpaired) electrons. The maximum absolute atomic E-state index is 5.77. The highest BCUT2D eigenvalue weighted by atomic mass is 32.1. The van der Waals surface area contributed by atoms with E-state index in [4.69, 9.17) is 12.2 Å². The van der Waals surface area contributed by atoms with Gasteiger partial charge in [-0.15, -0.1) is 0 Å². The molecule has 4 heterocycles. The lowest BCUT2D eigenvalue weighted by Gasteiger charge is -2.28. The van der Waals surface area contributed by atoms with Crippen LogP contribution in [0.4, 0.5) is 0 Å². The Hall–Kier alpha value is -2.73. The van der Waals surface area contributed by atoms with Gasteiger partial charge >= 0.3 is 0 Å². The second-order valence-electron chi connectivity index (χ2n) is 8.03. The van der Waals surface area contributed by atoms with Crippen LogP contribution in [0, 0.1) is 20.8 Å². The molecule has 4 rings (SSSR count). The quantitative estimate of drug-likeness (QED) is 0.572. The van der Waals surface area contributed by atoms with Gasteiger partial charge in [0.1, 0.15) is 5.82 Å². The first-order chi connectivity index (χ1) is 14.5. The van der Waals surface area contributed by atoms with E-state index in [1.165, 1.54) is 22.5 Å². The first-order valence-corrected chi connectivity index (χ1v) is 11.0. The lowest BCUT2D eigenvalue weighted by molar-refractivity contribution is 0.312. The molecule has 0 saturated carbocycles. The van der Waals surface area contributed by atoms with E-state index in [-0.39, 0.29) is 12.1 Å². The molecule has 0 bridgehead atoms. The van der Waals surface area contributed by atoms with Crippen molar-refractivity contribution in [1.29, 1.82) is 0 Å². The molecule has 0 aliphatic carbocycles. The van der Waals surface area contributed by atoms with E-state index in [1.807, 2.05) is 30.6 Å². The first kappa shape index (κ1) is 20.5. The maximum atomic E-state index is 5.77. The Morgan fingerprint density at radius 3 is 2.60 bits per heavy atom. The third-order valence-corrected chi connectivity index (χ3v) is 6.22. The highest BCUT2D eigenvalue weighted by Crippen LogP contribution is 2.41. The van der Waals surface area contributed by atoms with Gasteiger partial charge in [0.25, 0.3) is 0 Å². The molecule has 0 spiro atoms. The number of unbranched alkanes of at least 4 members (excludes halogenated alkanes) is 1. The van der Waals surface area contributed by atoms with Crippen LogP contribution in [0.1, 0.15) is 60.1 Å². The molecule has 1 aliphatic rings. The summed E-state index contributed by atoms with van der Waals surface area (Å²) in [7, 11) is 0. The van der Waals surface area contributed by atoms with Crippen LogP contribution in [0.3, 0.4) is 0 Å². The van der Waals surface area contributed by atoms with Crippen molar-refractivity contribution in [2.45, 2.75) is 52.6 Å². The fraction of sp³-hybridized carbons (Fsp3) is 0.375. The summed E-state index contributed by atoms with van der Waals surface area (Å²) in [5, 5.41) is 4.36. The molecule has 3 aromatic rings. The molecule has 1 fully saturated rings. The Bertz CT molecular complexity index is 1040. The van der Waals surface area contributed by atoms with Crippen LogP contribution in [-0.2, 0) is 0 Å². The number of aromatic nitrogens is 3. The molecule has 2 unspecified atom stereocenters. The molecule has 156 valence electrons. The zero-order valence-electron chi connectivity index (χ0n) is 18.1. The Balaban J connectivity index is 1.82. The summed E-state index contributed by atoms with van der Waals surface area (Å²) < 4.78 is 2.25. The van der Waals surface area contributed by atoms with Gasteiger partial charge in [-0.1, -0.05) is 19.4 Å². The van der Waals surface area contributed by atoms with Crippen molar-refractivity contribution in [2.75, 3.05) is 6.54 Å². The van der Waals surface area contributed by atoms with E-state index in [2.05, 4.69) is 70.6 Å². The van der Waals surface area contributed by atoms with E-state index in [9.17, 15) is 0 Å². The first-order valence-electron chi connectivity index (χ1n) is 10.6. The van der Waals surface area contributed by atoms with Gasteiger partial charge in [-0.25, -0.2) is 4.98 Å². The van der Waals surface area contributed by atoms with Gasteiger partial charge in [-0.3, -0.25) is 4.98 Å². The van der Waals surface area contributed by atoms with Gasteiger partial charge in [0.05, 0.1) is 17.8 Å². The zero-order chi connectivity index (χ0) is 21.3. The minimum Gasteiger partial charge on any atom is -0.352 e. The second-order valence-corrected chi connectivity index (χ2v) is 8.41. The molecule has 1 N–H and O–H groups in total. The molecular weight excluding hydrogens is 390 g/mol. The van der Waals surface area contributed by atoms with Gasteiger partial charge in [-0.05, 0) is 80.9 Å². The SMILES string of the molecule is CCCCN1C(=S)NC(c2ccccn2)C1c1cc(C)n(-c2cc(C)ccn2)c1C. The van der Waals surface area contributed by atoms with E-state index in [0.29, 0.717) is 0 Å². The van der Waals surface area contributed by atoms with Crippen molar-refractivity contribution in [2.24, 2.45) is 0 Å². The van der Waals surface area contributed by atoms with Gasteiger partial charge in [0, 0.05) is 30.3 Å². The van der Waals surface area contributed by atoms with Crippen LogP contribution in [0.15, 0.2) is 48.8 Å². The molecule has 30 heavy (non-hydrogen) atoms. The number of rotatable bonds is 6. The summed E-state index contributed by atoms with van der Waals surface area (Å²) in [6.45, 7) is 9.58. The third kappa shape index (κ3) is 3.72. The second kappa shape index (κ2) is 8.56. The molecule has 1 saturated heterocycles. The summed E-state index contributed by atoms with van der Waals surface area (Å²) in [6, 6.07) is 12.6. The minimum atomic E-state index is 0.0231. The maximum Gasteiger partial charge on any atom is 0.170 e. The monoisotopic (exact) mass is 419 g/mol. The van der Waals surface area contributed by atoms with Crippen molar-refractivity contribution < 1.29 is 0 Å². The molecule has 6 heteroatoms. The molecule has 3 aromatic heterocycles. The van der Waals surface area contributed by atoms with E-state index < -0.39 is 0 Å². The minimum absolute atomic E-state index is 0.0231. The van der Waals surface area contributed by atoms with Crippen molar-refractivity contribution in [3.05, 3.63) is 77.0 Å². The molecule has 5 nitrogen and oxygen atoms in total. The number of thiocarbonyl (C=S) groups is 1. The number of pyridine rings is 2. The number of nitrogens with one attached hydrogen (secondary N) is 1. The standard InChI is InChI=1S/C24H29N5S/c1-5-6-13-28-23(22(27-24(28)30)20-9-7-8-11-25-20)19-15-17(3)29(18(19)4)21-14-16(2)10-12-26-21/h7-12,14-15,22-23H,5-6,13H2,1-4H3,(H,27,30). The Kier molecular flexibility index (Phi) is 5.86. The topological polar surface area (TPSA) is 46.0 Å². The summed E-state index contributed by atoms with van der Waals surface area (Å²) in [5.41, 5.74) is 5.86. The lowest BCUT2D eigenvalue weighted by Crippen LogP contribution is -2.30. The summed E-state index contributed by atoms with van der Waals surface area (Å²) >= 11 is 5.77. The number of hydrogen-bond acceptors (Lipinski definition) is 3. The number of aryl methyl sites for hydroxylation is 2. The largest absolute Gasteiger partial charge is 0.352 e. The Morgan fingerprint density at radius 2 is 1.90 bits per heavy atom. The van der Waals surface area contributed by atoms with E-state index in [1.54, 1.807) is 0 Å². The van der Waals surface area contributed by atoms with Gasteiger partial charge in [0.15, 0.2) is 5.11 Å². The highest BCUT2D eigenvalue weighted by Gasteiger charge is 2.41. The van der Waals surface area contributed by atoms with Crippen molar-refractivity contribution >= 4 is 17.3 Å². The van der Waals surface area contributed by atoms with Crippen molar-refractivity contribution in [1.82, 2.24) is 24.8 Å². The van der Waals surface area contributed by atoms with E-state index >= 15 is 0 Å². The normalized spacial score (nSPS) is 18.7. The average Bonchev–Trinajstić information content (AvgIpc) is 3.22. The zero-order valence-corrected chi connectivity index (χ0v) is 18.9. The van der Waals surface area contributed by atoms with Gasteiger partial charge in [-0.2, -0.15) is 0 Å². The fourth-order valence-electron chi connectivity index (χ4n) is 4.40. The Morgan fingerprint density at radius 1 is 1.07 bits per heavy atom. The molecule has 1 aliphatic heterocycles. The molecular formula is C24H29N5S. The highest BCUT2D eigenvalue weighted by molar-refractivity contribution is 7.80. The fourth-order valence-corrected chi connectivity index (χ4v) is 4.73. The van der Waals surface area contributed by atoms with Crippen LogP contribution < -0.4 is 5.32 Å². The number of hydrogen-bond donors (Lipinski definition) is 1. The summed E-state index contributed by atoms with van der Waals surface area (Å²) in [6.07, 6.45) is 5.96. The lowest BCUT2D eigenvalue weighted by atomic mass is 9.96. The average molecular weight is 420 g/mol. The van der Waals surface area contributed by atoms with Crippen LogP contribution in [0.5, 0.6) is 0 Å². The van der Waals surface area contributed by atoms with Crippen LogP contribution in [0.25, 0.3) is 5.82 Å². The van der Waals surface area contributed by atoms with Gasteiger partial charge in [0.2, 0.25) is 0 Å². The smallest absolute Gasteiger partial charge is 0.170 e. The van der Waals surface area contributed by atoms with Gasteiger partial charge < -0.3 is 14.8 Å². The predicted molar refractivity (Wildman–Crippen MR) is 125 cm³/mol. The van der Waals surface area contributed by atoms with Crippen LogP contribution in [-0.4, -0.2) is 31.1 Å². The molecule has 0 aromatic carbocycles. The summed E-state index contributed by atoms with van der Waals surface area (Å²) in [4.78, 5) is 11.6. The summed E-state index contributed by atoms with van der Waals surface area (Å²) in [5.74, 6) is 0.958. The van der Waals surface area contributed by atoms with Crippen molar-refractivity contribution in [3.63, 3.8) is 0 Å². The molecule has 2 atom stereocenters. The third-order valence-electron chi connectivity index (χ3n) is 5.87. The van der Waals surface area contributed by atoms with Crippen LogP contribution >= 0.6 is 12.2 Å². The van der Waals surface area contributed by atoms with Crippen LogP contribution in [0.2, 0.25) is 0 Å². The van der Waals surface area contributed by atoms with Crippen molar-refractivity contribution in [3.8, 4) is 5.82 Å². The van der Waals surface area contributed by atoms with E-state index in [0.717, 1.165) is 36.0 Å². The predicted octanol–water partition coefficient (Wildman–Crippen LogP) is 4.97. The molecule has 0 amide bonds.